The molecule has 0 unspecified atom stereocenters. The van der Waals surface area contributed by atoms with Gasteiger partial charge in [0.1, 0.15) is 11.5 Å². The van der Waals surface area contributed by atoms with Gasteiger partial charge in [-0.3, -0.25) is 0 Å². The molecule has 0 saturated heterocycles. The normalized spacial score (nSPS) is 10.3. The first-order valence-electron chi connectivity index (χ1n) is 8.75. The van der Waals surface area contributed by atoms with Gasteiger partial charge in [-0.25, -0.2) is 4.79 Å². The van der Waals surface area contributed by atoms with Crippen molar-refractivity contribution in [2.75, 3.05) is 11.1 Å². The molecule has 5 heteroatoms. The summed E-state index contributed by atoms with van der Waals surface area (Å²) in [6.07, 6.45) is 0. The summed E-state index contributed by atoms with van der Waals surface area (Å²) in [4.78, 5) is 12.2. The summed E-state index contributed by atoms with van der Waals surface area (Å²) in [5.74, 6) is 1.34. The van der Waals surface area contributed by atoms with Crippen LogP contribution in [0.4, 0.5) is 16.2 Å². The van der Waals surface area contributed by atoms with Crippen LogP contribution in [-0.4, -0.2) is 6.03 Å². The van der Waals surface area contributed by atoms with E-state index in [1.807, 2.05) is 62.4 Å². The second-order valence-electron chi connectivity index (χ2n) is 6.34. The second-order valence-corrected chi connectivity index (χ2v) is 6.34. The molecule has 138 valence electrons. The number of nitrogen functional groups attached to an aromatic ring is 1. The summed E-state index contributed by atoms with van der Waals surface area (Å²) in [5, 5.41) is 5.65. The van der Waals surface area contributed by atoms with E-state index < -0.39 is 0 Å². The van der Waals surface area contributed by atoms with Gasteiger partial charge in [-0.1, -0.05) is 36.4 Å². The van der Waals surface area contributed by atoms with E-state index in [1.165, 1.54) is 0 Å². The van der Waals surface area contributed by atoms with Crippen LogP contribution in [-0.2, 0) is 6.54 Å². The van der Waals surface area contributed by atoms with Gasteiger partial charge in [0.2, 0.25) is 0 Å². The molecule has 0 fully saturated rings. The molecule has 0 radical (unpaired) electrons. The highest BCUT2D eigenvalue weighted by atomic mass is 16.5. The number of nitrogens with one attached hydrogen (secondary N) is 2. The lowest BCUT2D eigenvalue weighted by atomic mass is 10.0. The Bertz CT molecular complexity index is 919. The average Bonchev–Trinajstić information content (AvgIpc) is 2.64. The first kappa shape index (κ1) is 18.3. The Kier molecular flexibility index (Phi) is 5.61. The van der Waals surface area contributed by atoms with Crippen LogP contribution < -0.4 is 21.1 Å². The Morgan fingerprint density at radius 3 is 2.30 bits per heavy atom. The minimum absolute atomic E-state index is 0.305. The van der Waals surface area contributed by atoms with E-state index in [9.17, 15) is 4.79 Å². The van der Waals surface area contributed by atoms with Crippen LogP contribution in [0.2, 0.25) is 0 Å². The Morgan fingerprint density at radius 1 is 0.926 bits per heavy atom. The Balaban J connectivity index is 1.61. The van der Waals surface area contributed by atoms with Crippen molar-refractivity contribution in [1.29, 1.82) is 0 Å². The first-order chi connectivity index (χ1) is 13.0. The van der Waals surface area contributed by atoms with Gasteiger partial charge in [0.05, 0.1) is 11.4 Å². The van der Waals surface area contributed by atoms with Crippen molar-refractivity contribution >= 4 is 17.4 Å². The SMILES string of the molecule is Cc1cccc(C)c1CNC(=O)Nc1ccc(Oc2ccccc2)cc1N. The second kappa shape index (κ2) is 8.27. The van der Waals surface area contributed by atoms with Gasteiger partial charge < -0.3 is 21.1 Å². The van der Waals surface area contributed by atoms with Gasteiger partial charge in [-0.2, -0.15) is 0 Å². The molecule has 0 aliphatic heterocycles. The fourth-order valence-electron chi connectivity index (χ4n) is 2.81. The lowest BCUT2D eigenvalue weighted by Gasteiger charge is -2.13. The van der Waals surface area contributed by atoms with E-state index in [1.54, 1.807) is 18.2 Å². The van der Waals surface area contributed by atoms with Crippen LogP contribution >= 0.6 is 0 Å². The van der Waals surface area contributed by atoms with Crippen molar-refractivity contribution < 1.29 is 9.53 Å². The number of benzene rings is 3. The maximum atomic E-state index is 12.2. The molecule has 0 bridgehead atoms. The van der Waals surface area contributed by atoms with Crippen molar-refractivity contribution in [3.05, 3.63) is 83.4 Å². The molecule has 0 aromatic heterocycles. The number of amides is 2. The molecule has 0 saturated carbocycles. The molecule has 0 aliphatic carbocycles. The zero-order valence-corrected chi connectivity index (χ0v) is 15.5. The predicted molar refractivity (Wildman–Crippen MR) is 109 cm³/mol. The minimum atomic E-state index is -0.305. The fraction of sp³-hybridized carbons (Fsp3) is 0.136. The van der Waals surface area contributed by atoms with Crippen LogP contribution in [0.5, 0.6) is 11.5 Å². The summed E-state index contributed by atoms with van der Waals surface area (Å²) >= 11 is 0. The van der Waals surface area contributed by atoms with E-state index in [-0.39, 0.29) is 6.03 Å². The molecule has 3 aromatic rings. The number of ether oxygens (including phenoxy) is 1. The number of para-hydroxylation sites is 1. The van der Waals surface area contributed by atoms with Gasteiger partial charge >= 0.3 is 6.03 Å². The number of carbonyl (C=O) groups excluding carboxylic acids is 1. The largest absolute Gasteiger partial charge is 0.457 e. The van der Waals surface area contributed by atoms with Gasteiger partial charge in [0.15, 0.2) is 0 Å². The van der Waals surface area contributed by atoms with Crippen LogP contribution in [0.1, 0.15) is 16.7 Å². The first-order valence-corrected chi connectivity index (χ1v) is 8.75. The zero-order valence-electron chi connectivity index (χ0n) is 15.5. The summed E-state index contributed by atoms with van der Waals surface area (Å²) in [5.41, 5.74) is 10.4. The van der Waals surface area contributed by atoms with Crippen LogP contribution in [0, 0.1) is 13.8 Å². The fourth-order valence-corrected chi connectivity index (χ4v) is 2.81. The van der Waals surface area contributed by atoms with E-state index in [0.29, 0.717) is 23.7 Å². The molecule has 27 heavy (non-hydrogen) atoms. The third-order valence-electron chi connectivity index (χ3n) is 4.32. The molecule has 0 aliphatic rings. The van der Waals surface area contributed by atoms with E-state index >= 15 is 0 Å². The molecule has 5 nitrogen and oxygen atoms in total. The molecule has 0 atom stereocenters. The molecule has 3 aromatic carbocycles. The smallest absolute Gasteiger partial charge is 0.319 e. The van der Waals surface area contributed by atoms with Gasteiger partial charge in [0.25, 0.3) is 0 Å². The molecular weight excluding hydrogens is 338 g/mol. The molecule has 0 heterocycles. The highest BCUT2D eigenvalue weighted by Gasteiger charge is 2.08. The van der Waals surface area contributed by atoms with Crippen molar-refractivity contribution in [2.24, 2.45) is 0 Å². The van der Waals surface area contributed by atoms with Crippen molar-refractivity contribution in [3.8, 4) is 11.5 Å². The van der Waals surface area contributed by atoms with Crippen molar-refractivity contribution in [2.45, 2.75) is 20.4 Å². The minimum Gasteiger partial charge on any atom is -0.457 e. The van der Waals surface area contributed by atoms with E-state index in [4.69, 9.17) is 10.5 Å². The standard InChI is InChI=1S/C22H23N3O2/c1-15-7-6-8-16(2)19(15)14-24-22(26)25-21-12-11-18(13-20(21)23)27-17-9-4-3-5-10-17/h3-13H,14,23H2,1-2H3,(H2,24,25,26). The number of hydrogen-bond acceptors (Lipinski definition) is 3. The summed E-state index contributed by atoms with van der Waals surface area (Å²) in [6, 6.07) is 20.4. The molecule has 4 N–H and O–H groups in total. The van der Waals surface area contributed by atoms with Crippen LogP contribution in [0.3, 0.4) is 0 Å². The lowest BCUT2D eigenvalue weighted by molar-refractivity contribution is 0.251. The van der Waals surface area contributed by atoms with Gasteiger partial charge in [-0.05, 0) is 54.8 Å². The maximum Gasteiger partial charge on any atom is 0.319 e. The van der Waals surface area contributed by atoms with E-state index in [2.05, 4.69) is 10.6 Å². The van der Waals surface area contributed by atoms with Crippen molar-refractivity contribution in [3.63, 3.8) is 0 Å². The third-order valence-corrected chi connectivity index (χ3v) is 4.32. The summed E-state index contributed by atoms with van der Waals surface area (Å²) in [7, 11) is 0. The monoisotopic (exact) mass is 361 g/mol. The number of anilines is 2. The molecule has 2 amide bonds. The highest BCUT2D eigenvalue weighted by molar-refractivity contribution is 5.92. The van der Waals surface area contributed by atoms with Gasteiger partial charge in [-0.15, -0.1) is 0 Å². The van der Waals surface area contributed by atoms with Gasteiger partial charge in [0, 0.05) is 12.6 Å². The quantitative estimate of drug-likeness (QED) is 0.560. The Morgan fingerprint density at radius 2 is 1.63 bits per heavy atom. The molecular formula is C22H23N3O2. The third kappa shape index (κ3) is 4.79. The number of carbonyl (C=O) groups is 1. The number of nitrogens with two attached hydrogens (primary N) is 1. The van der Waals surface area contributed by atoms with E-state index in [0.717, 1.165) is 22.4 Å². The van der Waals surface area contributed by atoms with Crippen LogP contribution in [0.25, 0.3) is 0 Å². The maximum absolute atomic E-state index is 12.2. The Hall–Kier alpha value is -3.47. The summed E-state index contributed by atoms with van der Waals surface area (Å²) < 4.78 is 5.74. The number of hydrogen-bond donors (Lipinski definition) is 3. The molecule has 3 rings (SSSR count). The summed E-state index contributed by atoms with van der Waals surface area (Å²) in [6.45, 7) is 4.52. The lowest BCUT2D eigenvalue weighted by Crippen LogP contribution is -2.29. The Labute approximate surface area is 159 Å². The number of aryl methyl sites for hydroxylation is 2. The number of urea groups is 1. The highest BCUT2D eigenvalue weighted by Crippen LogP contribution is 2.28. The topological polar surface area (TPSA) is 76.4 Å². The number of rotatable bonds is 5. The average molecular weight is 361 g/mol. The molecule has 0 spiro atoms. The zero-order chi connectivity index (χ0) is 19.2. The predicted octanol–water partition coefficient (Wildman–Crippen LogP) is 5.00. The van der Waals surface area contributed by atoms with Crippen molar-refractivity contribution in [1.82, 2.24) is 5.32 Å². The van der Waals surface area contributed by atoms with Crippen LogP contribution in [0.15, 0.2) is 66.7 Å².